The molecule has 1 aliphatic rings. The van der Waals surface area contributed by atoms with Crippen LogP contribution in [0.25, 0.3) is 0 Å². The van der Waals surface area contributed by atoms with E-state index in [2.05, 4.69) is 15.5 Å². The van der Waals surface area contributed by atoms with Crippen LogP contribution in [0.3, 0.4) is 0 Å². The lowest BCUT2D eigenvalue weighted by atomic mass is 10.0. The summed E-state index contributed by atoms with van der Waals surface area (Å²) >= 11 is 0. The van der Waals surface area contributed by atoms with Crippen LogP contribution in [0.4, 0.5) is 0 Å². The number of amides is 1. The first-order valence-electron chi connectivity index (χ1n) is 8.51. The Labute approximate surface area is 156 Å². The molecule has 0 aliphatic carbocycles. The fraction of sp³-hybridized carbons (Fsp3) is 0.0952. The molecule has 2 heterocycles. The number of para-hydroxylation sites is 2. The summed E-state index contributed by atoms with van der Waals surface area (Å²) in [5, 5.41) is 4.00. The van der Waals surface area contributed by atoms with Gasteiger partial charge in [0.2, 0.25) is 6.10 Å². The normalized spacial score (nSPS) is 18.2. The number of ether oxygens (including phenoxy) is 2. The third-order valence-electron chi connectivity index (χ3n) is 4.09. The van der Waals surface area contributed by atoms with Crippen molar-refractivity contribution < 1.29 is 14.3 Å². The molecule has 1 aromatic heterocycles. The maximum Gasteiger partial charge on any atom is 0.285 e. The highest BCUT2D eigenvalue weighted by Crippen LogP contribution is 2.39. The molecule has 0 saturated carbocycles. The van der Waals surface area contributed by atoms with Crippen LogP contribution in [-0.2, 0) is 4.79 Å². The molecule has 6 nitrogen and oxygen atoms in total. The highest BCUT2D eigenvalue weighted by Gasteiger charge is 2.38. The Morgan fingerprint density at radius 1 is 0.963 bits per heavy atom. The first kappa shape index (κ1) is 16.8. The second-order valence-corrected chi connectivity index (χ2v) is 5.95. The fourth-order valence-corrected chi connectivity index (χ4v) is 2.81. The first-order valence-corrected chi connectivity index (χ1v) is 8.51. The summed E-state index contributed by atoms with van der Waals surface area (Å²) in [5.74, 6) is 0.744. The molecule has 6 heteroatoms. The monoisotopic (exact) mass is 359 g/mol. The van der Waals surface area contributed by atoms with Gasteiger partial charge in [0.15, 0.2) is 17.6 Å². The summed E-state index contributed by atoms with van der Waals surface area (Å²) in [6, 6.07) is 20.4. The van der Waals surface area contributed by atoms with E-state index in [1.54, 1.807) is 24.5 Å². The number of fused-ring (bicyclic) bond motifs is 1. The molecule has 0 spiro atoms. The predicted octanol–water partition coefficient (Wildman–Crippen LogP) is 3.11. The van der Waals surface area contributed by atoms with Crippen LogP contribution < -0.4 is 14.9 Å². The molecule has 2 unspecified atom stereocenters. The summed E-state index contributed by atoms with van der Waals surface area (Å²) in [4.78, 5) is 16.7. The number of carbonyl (C=O) groups excluding carboxylic acids is 1. The highest BCUT2D eigenvalue weighted by atomic mass is 16.6. The van der Waals surface area contributed by atoms with Gasteiger partial charge in [-0.05, 0) is 23.8 Å². The van der Waals surface area contributed by atoms with Crippen molar-refractivity contribution in [3.63, 3.8) is 0 Å². The van der Waals surface area contributed by atoms with Gasteiger partial charge < -0.3 is 9.47 Å². The molecule has 1 N–H and O–H groups in total. The molecule has 0 bridgehead atoms. The minimum Gasteiger partial charge on any atom is -0.477 e. The summed E-state index contributed by atoms with van der Waals surface area (Å²) in [5.41, 5.74) is 4.16. The van der Waals surface area contributed by atoms with Crippen molar-refractivity contribution in [2.24, 2.45) is 5.10 Å². The number of hydrogen-bond acceptors (Lipinski definition) is 5. The lowest BCUT2D eigenvalue weighted by Crippen LogP contribution is -2.44. The molecule has 1 amide bonds. The number of benzene rings is 2. The number of aromatic nitrogens is 1. The van der Waals surface area contributed by atoms with Crippen LogP contribution >= 0.6 is 0 Å². The Balaban J connectivity index is 1.56. The minimum atomic E-state index is -0.867. The van der Waals surface area contributed by atoms with Gasteiger partial charge in [-0.3, -0.25) is 9.78 Å². The van der Waals surface area contributed by atoms with Gasteiger partial charge in [-0.2, -0.15) is 5.10 Å². The van der Waals surface area contributed by atoms with Gasteiger partial charge in [-0.25, -0.2) is 5.43 Å². The second-order valence-electron chi connectivity index (χ2n) is 5.95. The van der Waals surface area contributed by atoms with E-state index >= 15 is 0 Å². The van der Waals surface area contributed by atoms with E-state index < -0.39 is 18.1 Å². The molecule has 2 aromatic carbocycles. The number of carbonyl (C=O) groups is 1. The van der Waals surface area contributed by atoms with E-state index in [9.17, 15) is 4.79 Å². The molecule has 0 saturated heterocycles. The number of hydrazone groups is 1. The smallest absolute Gasteiger partial charge is 0.285 e. The van der Waals surface area contributed by atoms with Gasteiger partial charge in [-0.15, -0.1) is 0 Å². The number of nitrogens with zero attached hydrogens (tertiary/aromatic N) is 2. The summed E-state index contributed by atoms with van der Waals surface area (Å²) in [6.07, 6.45) is 3.41. The molecular formula is C21H17N3O3. The maximum atomic E-state index is 12.7. The Kier molecular flexibility index (Phi) is 4.78. The average Bonchev–Trinajstić information content (AvgIpc) is 2.74. The average molecular weight is 359 g/mol. The van der Waals surface area contributed by atoms with Crippen LogP contribution in [0.15, 0.2) is 84.2 Å². The number of hydrogen-bond donors (Lipinski definition) is 1. The lowest BCUT2D eigenvalue weighted by Gasteiger charge is -2.32. The molecule has 4 rings (SSSR count). The Morgan fingerprint density at radius 3 is 2.44 bits per heavy atom. The van der Waals surface area contributed by atoms with Crippen molar-refractivity contribution in [2.45, 2.75) is 12.2 Å². The van der Waals surface area contributed by atoms with Gasteiger partial charge in [0.05, 0.1) is 6.21 Å². The molecule has 0 fully saturated rings. The zero-order chi connectivity index (χ0) is 18.5. The summed E-state index contributed by atoms with van der Waals surface area (Å²) in [7, 11) is 0. The van der Waals surface area contributed by atoms with E-state index in [4.69, 9.17) is 9.47 Å². The number of nitrogens with one attached hydrogen (secondary N) is 1. The van der Waals surface area contributed by atoms with Crippen molar-refractivity contribution in [1.82, 2.24) is 10.4 Å². The standard InChI is InChI=1S/C21H17N3O3/c25-21(24-23-14-15-7-6-12-22-13-15)20-19(16-8-2-1-3-9-16)26-17-10-4-5-11-18(17)27-20/h1-14,19-20H,(H,24,25). The lowest BCUT2D eigenvalue weighted by molar-refractivity contribution is -0.134. The maximum absolute atomic E-state index is 12.7. The molecule has 1 aliphatic heterocycles. The third kappa shape index (κ3) is 3.79. The second kappa shape index (κ2) is 7.70. The number of pyridine rings is 1. The summed E-state index contributed by atoms with van der Waals surface area (Å²) in [6.45, 7) is 0. The van der Waals surface area contributed by atoms with Crippen LogP contribution in [-0.4, -0.2) is 23.2 Å². The molecule has 0 radical (unpaired) electrons. The van der Waals surface area contributed by atoms with Gasteiger partial charge in [0.1, 0.15) is 0 Å². The third-order valence-corrected chi connectivity index (χ3v) is 4.09. The van der Waals surface area contributed by atoms with E-state index in [-0.39, 0.29) is 0 Å². The van der Waals surface area contributed by atoms with Gasteiger partial charge in [-0.1, -0.05) is 48.5 Å². The summed E-state index contributed by atoms with van der Waals surface area (Å²) < 4.78 is 12.0. The van der Waals surface area contributed by atoms with E-state index in [1.165, 1.54) is 6.21 Å². The van der Waals surface area contributed by atoms with Crippen molar-refractivity contribution >= 4 is 12.1 Å². The van der Waals surface area contributed by atoms with E-state index in [0.29, 0.717) is 11.5 Å². The van der Waals surface area contributed by atoms with Crippen LogP contribution in [0.1, 0.15) is 17.2 Å². The van der Waals surface area contributed by atoms with Crippen LogP contribution in [0.2, 0.25) is 0 Å². The minimum absolute atomic E-state index is 0.390. The van der Waals surface area contributed by atoms with E-state index in [1.807, 2.05) is 54.6 Å². The number of rotatable bonds is 4. The first-order chi connectivity index (χ1) is 13.3. The Morgan fingerprint density at radius 2 is 1.70 bits per heavy atom. The van der Waals surface area contributed by atoms with Gasteiger partial charge in [0, 0.05) is 18.0 Å². The molecule has 27 heavy (non-hydrogen) atoms. The Bertz CT molecular complexity index is 945. The van der Waals surface area contributed by atoms with Crippen molar-refractivity contribution in [2.75, 3.05) is 0 Å². The van der Waals surface area contributed by atoms with Crippen molar-refractivity contribution in [1.29, 1.82) is 0 Å². The Hall–Kier alpha value is -3.67. The highest BCUT2D eigenvalue weighted by molar-refractivity contribution is 5.85. The zero-order valence-electron chi connectivity index (χ0n) is 14.4. The van der Waals surface area contributed by atoms with Crippen molar-refractivity contribution in [3.05, 3.63) is 90.3 Å². The predicted molar refractivity (Wildman–Crippen MR) is 101 cm³/mol. The topological polar surface area (TPSA) is 72.8 Å². The SMILES string of the molecule is O=C(NN=Cc1cccnc1)C1Oc2ccccc2OC1c1ccccc1. The zero-order valence-corrected chi connectivity index (χ0v) is 14.4. The molecule has 2 atom stereocenters. The van der Waals surface area contributed by atoms with E-state index in [0.717, 1.165) is 11.1 Å². The van der Waals surface area contributed by atoms with Gasteiger partial charge in [0.25, 0.3) is 5.91 Å². The quantitative estimate of drug-likeness (QED) is 0.574. The molecule has 134 valence electrons. The van der Waals surface area contributed by atoms with Crippen molar-refractivity contribution in [3.8, 4) is 11.5 Å². The largest absolute Gasteiger partial charge is 0.477 e. The van der Waals surface area contributed by atoms with Gasteiger partial charge >= 0.3 is 0 Å². The van der Waals surface area contributed by atoms with Crippen LogP contribution in [0, 0.1) is 0 Å². The molecular weight excluding hydrogens is 342 g/mol. The molecule has 3 aromatic rings. The fourth-order valence-electron chi connectivity index (χ4n) is 2.81. The van der Waals surface area contributed by atoms with Crippen LogP contribution in [0.5, 0.6) is 11.5 Å².